The highest BCUT2D eigenvalue weighted by molar-refractivity contribution is 5.85. The number of hydrogen-bond donors (Lipinski definition) is 1. The van der Waals surface area contributed by atoms with E-state index in [2.05, 4.69) is 0 Å². The first-order chi connectivity index (χ1) is 10.2. The summed E-state index contributed by atoms with van der Waals surface area (Å²) in [5.74, 6) is 0.0885. The van der Waals surface area contributed by atoms with Crippen molar-refractivity contribution in [2.45, 2.75) is 19.5 Å². The molecular formula is C18H22ClNO2. The van der Waals surface area contributed by atoms with Gasteiger partial charge in [0.25, 0.3) is 0 Å². The Kier molecular flexibility index (Phi) is 7.82. The Balaban J connectivity index is 0.00000242. The van der Waals surface area contributed by atoms with Gasteiger partial charge >= 0.3 is 0 Å². The normalized spacial score (nSPS) is 11.8. The van der Waals surface area contributed by atoms with Gasteiger partial charge in [0.05, 0.1) is 12.6 Å². The molecule has 0 aliphatic rings. The monoisotopic (exact) mass is 319 g/mol. The third-order valence-corrected chi connectivity index (χ3v) is 3.48. The molecule has 0 radical (unpaired) electrons. The van der Waals surface area contributed by atoms with Crippen molar-refractivity contribution in [3.8, 4) is 0 Å². The van der Waals surface area contributed by atoms with Gasteiger partial charge in [-0.1, -0.05) is 60.7 Å². The van der Waals surface area contributed by atoms with E-state index in [9.17, 15) is 9.90 Å². The molecule has 0 saturated heterocycles. The number of Topliss-reactive ketones (excluding diaryl/α,β-unsaturated/α-hetero) is 1. The standard InChI is InChI=1S/C18H21NO2.ClH/c1-15(21)18(17-10-6-3-7-11-17)19(12-13-20)14-16-8-4-2-5-9-16;/h2-11,18,20H,12-14H2,1H3;1H. The maximum absolute atomic E-state index is 12.1. The molecule has 2 rings (SSSR count). The Morgan fingerprint density at radius 1 is 1.05 bits per heavy atom. The number of benzene rings is 2. The molecule has 0 aromatic heterocycles. The Morgan fingerprint density at radius 3 is 2.09 bits per heavy atom. The summed E-state index contributed by atoms with van der Waals surface area (Å²) in [4.78, 5) is 14.1. The molecule has 4 heteroatoms. The predicted molar refractivity (Wildman–Crippen MR) is 91.0 cm³/mol. The fourth-order valence-corrected chi connectivity index (χ4v) is 2.58. The number of ketones is 1. The van der Waals surface area contributed by atoms with Gasteiger partial charge in [-0.2, -0.15) is 0 Å². The van der Waals surface area contributed by atoms with E-state index >= 15 is 0 Å². The number of rotatable bonds is 7. The first-order valence-corrected chi connectivity index (χ1v) is 7.16. The quantitative estimate of drug-likeness (QED) is 0.851. The zero-order valence-electron chi connectivity index (χ0n) is 12.7. The molecule has 0 bridgehead atoms. The van der Waals surface area contributed by atoms with E-state index in [-0.39, 0.29) is 30.8 Å². The van der Waals surface area contributed by atoms with E-state index in [0.29, 0.717) is 13.1 Å². The zero-order chi connectivity index (χ0) is 15.1. The molecule has 118 valence electrons. The van der Waals surface area contributed by atoms with Gasteiger partial charge in [-0.3, -0.25) is 9.69 Å². The van der Waals surface area contributed by atoms with Gasteiger partial charge in [0.2, 0.25) is 0 Å². The Hall–Kier alpha value is -1.68. The lowest BCUT2D eigenvalue weighted by Crippen LogP contribution is -2.35. The van der Waals surface area contributed by atoms with Crippen molar-refractivity contribution in [2.24, 2.45) is 0 Å². The predicted octanol–water partition coefficient (Wildman–Crippen LogP) is 3.23. The molecule has 0 heterocycles. The third-order valence-electron chi connectivity index (χ3n) is 3.48. The summed E-state index contributed by atoms with van der Waals surface area (Å²) in [5, 5.41) is 9.34. The topological polar surface area (TPSA) is 40.5 Å². The average molecular weight is 320 g/mol. The smallest absolute Gasteiger partial charge is 0.151 e. The third kappa shape index (κ3) is 4.95. The van der Waals surface area contributed by atoms with Crippen molar-refractivity contribution in [1.82, 2.24) is 4.90 Å². The molecular weight excluding hydrogens is 298 g/mol. The van der Waals surface area contributed by atoms with Gasteiger partial charge in [0.15, 0.2) is 5.78 Å². The zero-order valence-corrected chi connectivity index (χ0v) is 13.5. The lowest BCUT2D eigenvalue weighted by molar-refractivity contribution is -0.122. The van der Waals surface area contributed by atoms with Crippen LogP contribution >= 0.6 is 12.4 Å². The number of nitrogens with zero attached hydrogens (tertiary/aromatic N) is 1. The van der Waals surface area contributed by atoms with Crippen LogP contribution in [0.2, 0.25) is 0 Å². The number of halogens is 1. The van der Waals surface area contributed by atoms with Crippen LogP contribution in [-0.4, -0.2) is 28.9 Å². The lowest BCUT2D eigenvalue weighted by atomic mass is 10.0. The summed E-state index contributed by atoms with van der Waals surface area (Å²) < 4.78 is 0. The molecule has 1 atom stereocenters. The van der Waals surface area contributed by atoms with E-state index < -0.39 is 0 Å². The van der Waals surface area contributed by atoms with Crippen molar-refractivity contribution < 1.29 is 9.90 Å². The second-order valence-electron chi connectivity index (χ2n) is 5.10. The minimum Gasteiger partial charge on any atom is -0.395 e. The van der Waals surface area contributed by atoms with E-state index in [1.807, 2.05) is 65.6 Å². The molecule has 2 aromatic rings. The molecule has 0 saturated carbocycles. The number of aliphatic hydroxyl groups is 1. The van der Waals surface area contributed by atoms with Crippen LogP contribution in [0.5, 0.6) is 0 Å². The Bertz CT molecular complexity index is 560. The van der Waals surface area contributed by atoms with Gasteiger partial charge < -0.3 is 5.11 Å². The first-order valence-electron chi connectivity index (χ1n) is 7.16. The summed E-state index contributed by atoms with van der Waals surface area (Å²) in [6.07, 6.45) is 0. The Labute approximate surface area is 138 Å². The van der Waals surface area contributed by atoms with Crippen LogP contribution in [0, 0.1) is 0 Å². The molecule has 0 fully saturated rings. The summed E-state index contributed by atoms with van der Waals surface area (Å²) in [6.45, 7) is 2.74. The molecule has 2 aromatic carbocycles. The van der Waals surface area contributed by atoms with Crippen molar-refractivity contribution in [1.29, 1.82) is 0 Å². The van der Waals surface area contributed by atoms with E-state index in [1.165, 1.54) is 0 Å². The molecule has 1 N–H and O–H groups in total. The van der Waals surface area contributed by atoms with Gasteiger partial charge in [-0.15, -0.1) is 12.4 Å². The highest BCUT2D eigenvalue weighted by Crippen LogP contribution is 2.23. The van der Waals surface area contributed by atoms with Crippen molar-refractivity contribution in [2.75, 3.05) is 13.2 Å². The minimum absolute atomic E-state index is 0. The second-order valence-corrected chi connectivity index (χ2v) is 5.10. The van der Waals surface area contributed by atoms with Crippen LogP contribution in [-0.2, 0) is 11.3 Å². The highest BCUT2D eigenvalue weighted by Gasteiger charge is 2.24. The van der Waals surface area contributed by atoms with Crippen LogP contribution in [0.25, 0.3) is 0 Å². The van der Waals surface area contributed by atoms with Crippen LogP contribution in [0.15, 0.2) is 60.7 Å². The van der Waals surface area contributed by atoms with Gasteiger partial charge in [-0.05, 0) is 18.1 Å². The number of aliphatic hydroxyl groups excluding tert-OH is 1. The molecule has 0 aliphatic heterocycles. The van der Waals surface area contributed by atoms with Crippen LogP contribution in [0.3, 0.4) is 0 Å². The molecule has 22 heavy (non-hydrogen) atoms. The molecule has 1 unspecified atom stereocenters. The maximum Gasteiger partial charge on any atom is 0.151 e. The van der Waals surface area contributed by atoms with Gasteiger partial charge in [-0.25, -0.2) is 0 Å². The molecule has 0 amide bonds. The highest BCUT2D eigenvalue weighted by atomic mass is 35.5. The van der Waals surface area contributed by atoms with Gasteiger partial charge in [0, 0.05) is 13.1 Å². The molecule has 0 spiro atoms. The van der Waals surface area contributed by atoms with E-state index in [1.54, 1.807) is 6.92 Å². The van der Waals surface area contributed by atoms with Crippen molar-refractivity contribution in [3.05, 3.63) is 71.8 Å². The summed E-state index contributed by atoms with van der Waals surface area (Å²) >= 11 is 0. The number of carbonyl (C=O) groups excluding carboxylic acids is 1. The maximum atomic E-state index is 12.1. The average Bonchev–Trinajstić information content (AvgIpc) is 2.49. The van der Waals surface area contributed by atoms with Crippen molar-refractivity contribution >= 4 is 18.2 Å². The largest absolute Gasteiger partial charge is 0.395 e. The summed E-state index contributed by atoms with van der Waals surface area (Å²) in [7, 11) is 0. The number of hydrogen-bond acceptors (Lipinski definition) is 3. The fourth-order valence-electron chi connectivity index (χ4n) is 2.58. The minimum atomic E-state index is -0.321. The van der Waals surface area contributed by atoms with E-state index in [4.69, 9.17) is 0 Å². The summed E-state index contributed by atoms with van der Waals surface area (Å²) in [6, 6.07) is 19.4. The molecule has 3 nitrogen and oxygen atoms in total. The molecule has 0 aliphatic carbocycles. The van der Waals surface area contributed by atoms with Crippen LogP contribution in [0.1, 0.15) is 24.1 Å². The van der Waals surface area contributed by atoms with Crippen molar-refractivity contribution in [3.63, 3.8) is 0 Å². The lowest BCUT2D eigenvalue weighted by Gasteiger charge is -2.30. The second kappa shape index (κ2) is 9.36. The SMILES string of the molecule is CC(=O)C(c1ccccc1)N(CCO)Cc1ccccc1.Cl. The fraction of sp³-hybridized carbons (Fsp3) is 0.278. The number of carbonyl (C=O) groups is 1. The van der Waals surface area contributed by atoms with Gasteiger partial charge in [0.1, 0.15) is 0 Å². The Morgan fingerprint density at radius 2 is 1.59 bits per heavy atom. The summed E-state index contributed by atoms with van der Waals surface area (Å²) in [5.41, 5.74) is 2.10. The van der Waals surface area contributed by atoms with Crippen LogP contribution < -0.4 is 0 Å². The first kappa shape index (κ1) is 18.4. The van der Waals surface area contributed by atoms with E-state index in [0.717, 1.165) is 11.1 Å². The van der Waals surface area contributed by atoms with Crippen LogP contribution in [0.4, 0.5) is 0 Å².